The third-order valence-electron chi connectivity index (χ3n) is 1.67. The van der Waals surface area contributed by atoms with E-state index in [-0.39, 0.29) is 12.8 Å². The fourth-order valence-corrected chi connectivity index (χ4v) is 0.902. The minimum Gasteiger partial charge on any atom is -0.481 e. The van der Waals surface area contributed by atoms with Gasteiger partial charge in [0.1, 0.15) is 12.1 Å². The van der Waals surface area contributed by atoms with Crippen molar-refractivity contribution in [1.82, 2.24) is 0 Å². The van der Waals surface area contributed by atoms with Crippen molar-refractivity contribution in [2.75, 3.05) is 0 Å². The van der Waals surface area contributed by atoms with Crippen molar-refractivity contribution in [3.05, 3.63) is 20.9 Å². The van der Waals surface area contributed by atoms with Crippen molar-refractivity contribution in [3.63, 3.8) is 0 Å². The van der Waals surface area contributed by atoms with E-state index in [9.17, 15) is 9.59 Å². The predicted octanol–water partition coefficient (Wildman–Crippen LogP) is 1.29. The first-order chi connectivity index (χ1) is 7.52. The van der Waals surface area contributed by atoms with Crippen LogP contribution in [0.5, 0.6) is 0 Å². The molecule has 0 saturated heterocycles. The Morgan fingerprint density at radius 3 is 1.50 bits per heavy atom. The van der Waals surface area contributed by atoms with E-state index in [4.69, 9.17) is 21.3 Å². The lowest BCUT2D eigenvalue weighted by Gasteiger charge is -2.07. The molecular weight excluding hydrogens is 220 g/mol. The topological polar surface area (TPSA) is 172 Å². The van der Waals surface area contributed by atoms with Gasteiger partial charge in [0, 0.05) is 9.82 Å². The third kappa shape index (κ3) is 4.70. The van der Waals surface area contributed by atoms with Gasteiger partial charge >= 0.3 is 11.9 Å². The van der Waals surface area contributed by atoms with Crippen molar-refractivity contribution in [2.24, 2.45) is 10.2 Å². The van der Waals surface area contributed by atoms with Gasteiger partial charge in [-0.05, 0) is 23.9 Å². The van der Waals surface area contributed by atoms with Gasteiger partial charge < -0.3 is 10.2 Å². The first-order valence-corrected chi connectivity index (χ1v) is 4.07. The number of carbonyl (C=O) groups is 2. The fraction of sp³-hybridized carbons (Fsp3) is 0.667. The van der Waals surface area contributed by atoms with Gasteiger partial charge in [-0.1, -0.05) is 10.2 Å². The molecule has 0 aromatic heterocycles. The van der Waals surface area contributed by atoms with Gasteiger partial charge in [-0.25, -0.2) is 0 Å². The predicted molar refractivity (Wildman–Crippen MR) is 50.4 cm³/mol. The van der Waals surface area contributed by atoms with E-state index in [1.54, 1.807) is 0 Å². The smallest absolute Gasteiger partial charge is 0.312 e. The Morgan fingerprint density at radius 2 is 1.31 bits per heavy atom. The molecule has 86 valence electrons. The summed E-state index contributed by atoms with van der Waals surface area (Å²) in [6, 6.07) is -2.72. The first kappa shape index (κ1) is 13.6. The summed E-state index contributed by atoms with van der Waals surface area (Å²) in [5.74, 6) is -2.72. The van der Waals surface area contributed by atoms with Crippen LogP contribution in [0.2, 0.25) is 0 Å². The molecule has 0 heterocycles. The monoisotopic (exact) mass is 228 g/mol. The molecule has 0 rings (SSSR count). The molecule has 0 saturated carbocycles. The second-order valence-electron chi connectivity index (χ2n) is 2.70. The van der Waals surface area contributed by atoms with E-state index in [0.717, 1.165) is 0 Å². The molecule has 0 radical (unpaired) electrons. The highest BCUT2D eigenvalue weighted by Gasteiger charge is 2.21. The largest absolute Gasteiger partial charge is 0.481 e. The van der Waals surface area contributed by atoms with Crippen LogP contribution >= 0.6 is 0 Å². The van der Waals surface area contributed by atoms with Crippen LogP contribution in [0.3, 0.4) is 0 Å². The lowest BCUT2D eigenvalue weighted by Crippen LogP contribution is -2.23. The van der Waals surface area contributed by atoms with Gasteiger partial charge in [0.15, 0.2) is 0 Å². The van der Waals surface area contributed by atoms with E-state index in [1.807, 2.05) is 0 Å². The number of aliphatic carboxylic acids is 2. The van der Waals surface area contributed by atoms with Gasteiger partial charge in [0.05, 0.1) is 0 Å². The Kier molecular flexibility index (Phi) is 5.88. The summed E-state index contributed by atoms with van der Waals surface area (Å²) in [5, 5.41) is 23.1. The molecule has 0 aliphatic rings. The molecule has 0 spiro atoms. The molecule has 0 bridgehead atoms. The number of rotatable bonds is 7. The van der Waals surface area contributed by atoms with E-state index in [2.05, 4.69) is 20.1 Å². The maximum atomic E-state index is 10.5. The zero-order valence-corrected chi connectivity index (χ0v) is 7.96. The molecular formula is C6H8N6O4. The molecule has 10 heteroatoms. The second-order valence-corrected chi connectivity index (χ2v) is 2.70. The number of carboxylic acids is 2. The second kappa shape index (κ2) is 6.93. The SMILES string of the molecule is [N-]=[N+]=N[C@@H](CC[C@@H](N=[N+]=[N-])C(=O)O)C(=O)O. The van der Waals surface area contributed by atoms with Gasteiger partial charge in [-0.3, -0.25) is 9.59 Å². The summed E-state index contributed by atoms with van der Waals surface area (Å²) in [4.78, 5) is 25.7. The highest BCUT2D eigenvalue weighted by atomic mass is 16.4. The number of hydrogen-bond acceptors (Lipinski definition) is 4. The number of azide groups is 2. The van der Waals surface area contributed by atoms with Crippen LogP contribution in [-0.4, -0.2) is 34.2 Å². The van der Waals surface area contributed by atoms with Crippen molar-refractivity contribution >= 4 is 11.9 Å². The summed E-state index contributed by atoms with van der Waals surface area (Å²) < 4.78 is 0. The first-order valence-electron chi connectivity index (χ1n) is 4.07. The summed E-state index contributed by atoms with van der Waals surface area (Å²) in [7, 11) is 0. The molecule has 0 aliphatic carbocycles. The Morgan fingerprint density at radius 1 is 1.00 bits per heavy atom. The van der Waals surface area contributed by atoms with Gasteiger partial charge in [0.2, 0.25) is 0 Å². The lowest BCUT2D eigenvalue weighted by molar-refractivity contribution is -0.141. The molecule has 0 aliphatic heterocycles. The van der Waals surface area contributed by atoms with Crippen LogP contribution in [0.25, 0.3) is 20.9 Å². The van der Waals surface area contributed by atoms with Gasteiger partial charge in [-0.15, -0.1) is 0 Å². The van der Waals surface area contributed by atoms with E-state index in [1.165, 1.54) is 0 Å². The lowest BCUT2D eigenvalue weighted by atomic mass is 10.1. The van der Waals surface area contributed by atoms with Crippen LogP contribution in [-0.2, 0) is 9.59 Å². The van der Waals surface area contributed by atoms with Gasteiger partial charge in [0.25, 0.3) is 0 Å². The highest BCUT2D eigenvalue weighted by molar-refractivity contribution is 5.75. The minimum atomic E-state index is -1.36. The molecule has 0 aromatic carbocycles. The maximum absolute atomic E-state index is 10.5. The zero-order valence-electron chi connectivity index (χ0n) is 7.96. The van der Waals surface area contributed by atoms with Crippen molar-refractivity contribution < 1.29 is 19.8 Å². The van der Waals surface area contributed by atoms with Crippen molar-refractivity contribution in [2.45, 2.75) is 24.9 Å². The molecule has 0 amide bonds. The standard InChI is InChI=1S/C6H8N6O4/c7-11-9-3(5(13)14)1-2-4(6(15)16)10-12-8/h3-4H,1-2H2,(H,13,14)(H,15,16)/t3-,4+. The summed E-state index contributed by atoms with van der Waals surface area (Å²) in [6.45, 7) is 0. The molecule has 10 nitrogen and oxygen atoms in total. The van der Waals surface area contributed by atoms with Crippen molar-refractivity contribution in [3.8, 4) is 0 Å². The van der Waals surface area contributed by atoms with Crippen LogP contribution in [0.1, 0.15) is 12.8 Å². The fourth-order valence-electron chi connectivity index (χ4n) is 0.902. The van der Waals surface area contributed by atoms with Crippen molar-refractivity contribution in [1.29, 1.82) is 0 Å². The Balaban J connectivity index is 4.48. The van der Waals surface area contributed by atoms with Crippen LogP contribution in [0.15, 0.2) is 10.2 Å². The van der Waals surface area contributed by atoms with Crippen LogP contribution in [0, 0.1) is 0 Å². The Bertz CT molecular complexity index is 329. The Labute approximate surface area is 88.7 Å². The quantitative estimate of drug-likeness (QED) is 0.379. The van der Waals surface area contributed by atoms with E-state index < -0.39 is 24.0 Å². The maximum Gasteiger partial charge on any atom is 0.312 e. The molecule has 0 unspecified atom stereocenters. The van der Waals surface area contributed by atoms with Crippen LogP contribution < -0.4 is 0 Å². The number of hydrogen-bond donors (Lipinski definition) is 2. The van der Waals surface area contributed by atoms with E-state index >= 15 is 0 Å². The average molecular weight is 228 g/mol. The Hall–Kier alpha value is -2.44. The average Bonchev–Trinajstić information content (AvgIpc) is 2.21. The molecule has 0 fully saturated rings. The van der Waals surface area contributed by atoms with Gasteiger partial charge in [-0.2, -0.15) is 0 Å². The molecule has 2 N–H and O–H groups in total. The molecule has 16 heavy (non-hydrogen) atoms. The van der Waals surface area contributed by atoms with Crippen LogP contribution in [0.4, 0.5) is 0 Å². The summed E-state index contributed by atoms with van der Waals surface area (Å²) in [5.41, 5.74) is 16.1. The minimum absolute atomic E-state index is 0.213. The normalized spacial score (nSPS) is 12.8. The summed E-state index contributed by atoms with van der Waals surface area (Å²) >= 11 is 0. The number of nitrogens with zero attached hydrogens (tertiary/aromatic N) is 6. The molecule has 0 aromatic rings. The molecule has 2 atom stereocenters. The number of carboxylic acid groups (broad SMARTS) is 2. The third-order valence-corrected chi connectivity index (χ3v) is 1.67. The van der Waals surface area contributed by atoms with E-state index in [0.29, 0.717) is 0 Å². The zero-order chi connectivity index (χ0) is 12.6. The highest BCUT2D eigenvalue weighted by Crippen LogP contribution is 2.09. The summed E-state index contributed by atoms with van der Waals surface area (Å²) in [6.07, 6.45) is -0.426.